The van der Waals surface area contributed by atoms with Gasteiger partial charge in [0, 0.05) is 56.3 Å². The maximum absolute atomic E-state index is 4.32. The highest BCUT2D eigenvalue weighted by atomic mass is 15.3. The van der Waals surface area contributed by atoms with Gasteiger partial charge in [0.2, 0.25) is 0 Å². The molecule has 4 nitrogen and oxygen atoms in total. The molecule has 0 aromatic carbocycles. The molecule has 0 aliphatic carbocycles. The minimum atomic E-state index is 0.883. The van der Waals surface area contributed by atoms with Gasteiger partial charge in [-0.2, -0.15) is 0 Å². The van der Waals surface area contributed by atoms with Crippen LogP contribution in [0.1, 0.15) is 37.8 Å². The molecule has 0 N–H and O–H groups in total. The lowest BCUT2D eigenvalue weighted by Gasteiger charge is -2.46. The van der Waals surface area contributed by atoms with Gasteiger partial charge in [-0.3, -0.25) is 9.88 Å². The number of nitrogens with zero attached hydrogens (tertiary/aromatic N) is 4. The second-order valence-electron chi connectivity index (χ2n) is 7.94. The van der Waals surface area contributed by atoms with Gasteiger partial charge in [-0.15, -0.1) is 0 Å². The van der Waals surface area contributed by atoms with Crippen molar-refractivity contribution in [2.75, 3.05) is 50.7 Å². The van der Waals surface area contributed by atoms with Crippen LogP contribution in [0.15, 0.2) is 18.3 Å². The standard InChI is InChI=1S/C20H32N4/c1-17-15-19(7-8-21-17)23-13-11-22(12-14-23)16-18-5-4-10-24-9-3-2-6-20(18)24/h7-8,15,18,20H,2-6,9-14,16H2,1H3/t18-,20+/m0/s1. The van der Waals surface area contributed by atoms with E-state index in [0.29, 0.717) is 0 Å². The highest BCUT2D eigenvalue weighted by Crippen LogP contribution is 2.31. The van der Waals surface area contributed by atoms with E-state index in [-0.39, 0.29) is 0 Å². The zero-order chi connectivity index (χ0) is 16.4. The normalized spacial score (nSPS) is 29.5. The van der Waals surface area contributed by atoms with Crippen LogP contribution in [-0.2, 0) is 0 Å². The molecule has 0 spiro atoms. The third-order valence-electron chi connectivity index (χ3n) is 6.34. The maximum Gasteiger partial charge on any atom is 0.0400 e. The van der Waals surface area contributed by atoms with Gasteiger partial charge in [0.15, 0.2) is 0 Å². The first-order valence-electron chi connectivity index (χ1n) is 9.93. The summed E-state index contributed by atoms with van der Waals surface area (Å²) in [6.07, 6.45) is 9.13. The minimum absolute atomic E-state index is 0.883. The summed E-state index contributed by atoms with van der Waals surface area (Å²) in [5.41, 5.74) is 2.47. The second kappa shape index (κ2) is 7.40. The molecule has 4 rings (SSSR count). The number of anilines is 1. The van der Waals surface area contributed by atoms with Gasteiger partial charge in [-0.1, -0.05) is 6.42 Å². The molecule has 3 fully saturated rings. The minimum Gasteiger partial charge on any atom is -0.369 e. The van der Waals surface area contributed by atoms with Crippen molar-refractivity contribution in [2.24, 2.45) is 5.92 Å². The first kappa shape index (κ1) is 16.3. The maximum atomic E-state index is 4.32. The second-order valence-corrected chi connectivity index (χ2v) is 7.94. The fraction of sp³-hybridized carbons (Fsp3) is 0.750. The van der Waals surface area contributed by atoms with Gasteiger partial charge >= 0.3 is 0 Å². The van der Waals surface area contributed by atoms with Crippen LogP contribution in [0.2, 0.25) is 0 Å². The van der Waals surface area contributed by atoms with Crippen molar-refractivity contribution in [3.05, 3.63) is 24.0 Å². The van der Waals surface area contributed by atoms with Crippen molar-refractivity contribution in [3.63, 3.8) is 0 Å². The molecule has 0 bridgehead atoms. The largest absolute Gasteiger partial charge is 0.369 e. The Morgan fingerprint density at radius 3 is 2.67 bits per heavy atom. The Morgan fingerprint density at radius 1 is 1.00 bits per heavy atom. The molecule has 4 heteroatoms. The van der Waals surface area contributed by atoms with Crippen molar-refractivity contribution in [3.8, 4) is 0 Å². The molecule has 3 saturated heterocycles. The van der Waals surface area contributed by atoms with Crippen molar-refractivity contribution in [1.82, 2.24) is 14.8 Å². The van der Waals surface area contributed by atoms with E-state index in [2.05, 4.69) is 38.7 Å². The fourth-order valence-corrected chi connectivity index (χ4v) is 5.04. The van der Waals surface area contributed by atoms with Crippen LogP contribution in [0, 0.1) is 12.8 Å². The summed E-state index contributed by atoms with van der Waals surface area (Å²) >= 11 is 0. The van der Waals surface area contributed by atoms with E-state index in [1.54, 1.807) is 0 Å². The summed E-state index contributed by atoms with van der Waals surface area (Å²) in [5, 5.41) is 0. The van der Waals surface area contributed by atoms with Crippen LogP contribution in [0.5, 0.6) is 0 Å². The molecule has 0 unspecified atom stereocenters. The summed E-state index contributed by atoms with van der Waals surface area (Å²) in [4.78, 5) is 12.4. The zero-order valence-electron chi connectivity index (χ0n) is 15.2. The number of piperidine rings is 2. The molecule has 3 aliphatic heterocycles. The molecule has 1 aromatic heterocycles. The molecule has 1 aromatic rings. The van der Waals surface area contributed by atoms with Gasteiger partial charge in [-0.05, 0) is 63.7 Å². The molecule has 2 atom stereocenters. The van der Waals surface area contributed by atoms with Crippen molar-refractivity contribution in [2.45, 2.75) is 45.1 Å². The first-order chi connectivity index (χ1) is 11.8. The van der Waals surface area contributed by atoms with Gasteiger partial charge in [0.25, 0.3) is 0 Å². The van der Waals surface area contributed by atoms with E-state index in [4.69, 9.17) is 0 Å². The Kier molecular flexibility index (Phi) is 5.04. The Morgan fingerprint density at radius 2 is 1.83 bits per heavy atom. The molecule has 132 valence electrons. The van der Waals surface area contributed by atoms with Gasteiger partial charge in [0.1, 0.15) is 0 Å². The number of hydrogen-bond acceptors (Lipinski definition) is 4. The lowest BCUT2D eigenvalue weighted by atomic mass is 9.83. The van der Waals surface area contributed by atoms with Crippen molar-refractivity contribution >= 4 is 5.69 Å². The average Bonchev–Trinajstić information content (AvgIpc) is 2.63. The highest BCUT2D eigenvalue weighted by molar-refractivity contribution is 5.46. The lowest BCUT2D eigenvalue weighted by Crippen LogP contribution is -2.53. The number of pyridine rings is 1. The number of rotatable bonds is 3. The summed E-state index contributed by atoms with van der Waals surface area (Å²) in [6, 6.07) is 5.26. The Labute approximate surface area is 146 Å². The van der Waals surface area contributed by atoms with Crippen LogP contribution in [0.4, 0.5) is 5.69 Å². The molecule has 0 amide bonds. The van der Waals surface area contributed by atoms with Gasteiger partial charge < -0.3 is 9.80 Å². The summed E-state index contributed by atoms with van der Waals surface area (Å²) in [5.74, 6) is 0.911. The monoisotopic (exact) mass is 328 g/mol. The van der Waals surface area contributed by atoms with Gasteiger partial charge in [0.05, 0.1) is 0 Å². The fourth-order valence-electron chi connectivity index (χ4n) is 5.04. The summed E-state index contributed by atoms with van der Waals surface area (Å²) in [6.45, 7) is 10.9. The van der Waals surface area contributed by atoms with Crippen LogP contribution in [0.3, 0.4) is 0 Å². The third-order valence-corrected chi connectivity index (χ3v) is 6.34. The number of piperazine rings is 1. The molecular formula is C20H32N4. The van der Waals surface area contributed by atoms with E-state index in [1.165, 1.54) is 70.5 Å². The van der Waals surface area contributed by atoms with Crippen LogP contribution < -0.4 is 4.90 Å². The van der Waals surface area contributed by atoms with E-state index in [9.17, 15) is 0 Å². The lowest BCUT2D eigenvalue weighted by molar-refractivity contribution is 0.0394. The Balaban J connectivity index is 1.31. The summed E-state index contributed by atoms with van der Waals surface area (Å²) in [7, 11) is 0. The molecule has 0 saturated carbocycles. The topological polar surface area (TPSA) is 22.6 Å². The van der Waals surface area contributed by atoms with E-state index >= 15 is 0 Å². The van der Waals surface area contributed by atoms with Crippen molar-refractivity contribution < 1.29 is 0 Å². The van der Waals surface area contributed by atoms with E-state index in [0.717, 1.165) is 30.7 Å². The number of aromatic nitrogens is 1. The molecule has 24 heavy (non-hydrogen) atoms. The Hall–Kier alpha value is -1.13. The SMILES string of the molecule is Cc1cc(N2CCN(C[C@@H]3CCCN4CCCC[C@H]34)CC2)ccn1. The van der Waals surface area contributed by atoms with Crippen LogP contribution >= 0.6 is 0 Å². The quantitative estimate of drug-likeness (QED) is 0.851. The predicted molar refractivity (Wildman–Crippen MR) is 99.6 cm³/mol. The number of aryl methyl sites for hydroxylation is 1. The molecule has 3 aliphatic rings. The van der Waals surface area contributed by atoms with Crippen LogP contribution in [0.25, 0.3) is 0 Å². The van der Waals surface area contributed by atoms with Crippen LogP contribution in [-0.4, -0.2) is 66.6 Å². The average molecular weight is 329 g/mol. The van der Waals surface area contributed by atoms with Gasteiger partial charge in [-0.25, -0.2) is 0 Å². The third kappa shape index (κ3) is 3.60. The molecule has 0 radical (unpaired) electrons. The number of hydrogen-bond donors (Lipinski definition) is 0. The molecule has 4 heterocycles. The smallest absolute Gasteiger partial charge is 0.0400 e. The van der Waals surface area contributed by atoms with E-state index < -0.39 is 0 Å². The number of fused-ring (bicyclic) bond motifs is 1. The van der Waals surface area contributed by atoms with E-state index in [1.807, 2.05) is 6.20 Å². The molecular weight excluding hydrogens is 296 g/mol. The Bertz CT molecular complexity index is 536. The predicted octanol–water partition coefficient (Wildman–Crippen LogP) is 2.78. The van der Waals surface area contributed by atoms with Crippen molar-refractivity contribution in [1.29, 1.82) is 0 Å². The highest BCUT2D eigenvalue weighted by Gasteiger charge is 2.34. The summed E-state index contributed by atoms with van der Waals surface area (Å²) < 4.78 is 0. The zero-order valence-corrected chi connectivity index (χ0v) is 15.2. The first-order valence-corrected chi connectivity index (χ1v) is 9.93.